The van der Waals surface area contributed by atoms with Gasteiger partial charge >= 0.3 is 12.0 Å². The van der Waals surface area contributed by atoms with Gasteiger partial charge in [-0.05, 0) is 25.7 Å². The van der Waals surface area contributed by atoms with Gasteiger partial charge in [0.05, 0.1) is 12.0 Å². The Bertz CT molecular complexity index is 376. The van der Waals surface area contributed by atoms with Crippen molar-refractivity contribution >= 4 is 12.0 Å². The van der Waals surface area contributed by atoms with Crippen molar-refractivity contribution in [1.29, 1.82) is 0 Å². The third-order valence-electron chi connectivity index (χ3n) is 4.63. The number of aliphatic carboxylic acids is 1. The summed E-state index contributed by atoms with van der Waals surface area (Å²) >= 11 is 0. The van der Waals surface area contributed by atoms with E-state index < -0.39 is 11.4 Å². The summed E-state index contributed by atoms with van der Waals surface area (Å²) in [5, 5.41) is 12.4. The number of rotatable bonds is 7. The van der Waals surface area contributed by atoms with Crippen LogP contribution in [-0.4, -0.2) is 54.9 Å². The van der Waals surface area contributed by atoms with Crippen LogP contribution in [0, 0.1) is 5.41 Å². The molecule has 2 N–H and O–H groups in total. The van der Waals surface area contributed by atoms with Crippen LogP contribution in [-0.2, 0) is 9.53 Å². The minimum Gasteiger partial charge on any atom is -0.481 e. The van der Waals surface area contributed by atoms with Crippen LogP contribution in [0.2, 0.25) is 0 Å². The maximum Gasteiger partial charge on any atom is 0.317 e. The van der Waals surface area contributed by atoms with Crippen molar-refractivity contribution in [3.63, 3.8) is 0 Å². The molecule has 2 fully saturated rings. The predicted octanol–water partition coefficient (Wildman–Crippen LogP) is 1.84. The SMILES string of the molecule is COCCN(C(=O)NCC1(C(=O)O)CCCCC1)C1CC1. The van der Waals surface area contributed by atoms with Crippen molar-refractivity contribution in [1.82, 2.24) is 10.2 Å². The zero-order valence-corrected chi connectivity index (χ0v) is 12.8. The molecule has 0 heterocycles. The number of amides is 2. The Hall–Kier alpha value is -1.30. The molecule has 2 rings (SSSR count). The molecule has 0 unspecified atom stereocenters. The van der Waals surface area contributed by atoms with Crippen molar-refractivity contribution in [2.75, 3.05) is 26.8 Å². The van der Waals surface area contributed by atoms with Crippen LogP contribution >= 0.6 is 0 Å². The standard InChI is InChI=1S/C15H26N2O4/c1-21-10-9-17(12-5-6-12)14(20)16-11-15(13(18)19)7-3-2-4-8-15/h12H,2-11H2,1H3,(H,16,20)(H,18,19). The van der Waals surface area contributed by atoms with Crippen LogP contribution < -0.4 is 5.32 Å². The highest BCUT2D eigenvalue weighted by Gasteiger charge is 2.41. The summed E-state index contributed by atoms with van der Waals surface area (Å²) in [6, 6.07) is 0.146. The summed E-state index contributed by atoms with van der Waals surface area (Å²) in [4.78, 5) is 25.7. The lowest BCUT2D eigenvalue weighted by atomic mass is 9.74. The second kappa shape index (κ2) is 7.11. The van der Waals surface area contributed by atoms with Crippen molar-refractivity contribution in [2.24, 2.45) is 5.41 Å². The van der Waals surface area contributed by atoms with Gasteiger partial charge in [0.2, 0.25) is 0 Å². The van der Waals surface area contributed by atoms with Crippen LogP contribution in [0.3, 0.4) is 0 Å². The molecular formula is C15H26N2O4. The largest absolute Gasteiger partial charge is 0.481 e. The van der Waals surface area contributed by atoms with Gasteiger partial charge in [-0.1, -0.05) is 19.3 Å². The fourth-order valence-corrected chi connectivity index (χ4v) is 3.07. The zero-order chi connectivity index (χ0) is 15.3. The number of carbonyl (C=O) groups excluding carboxylic acids is 1. The molecule has 6 nitrogen and oxygen atoms in total. The molecule has 0 bridgehead atoms. The number of hydrogen-bond acceptors (Lipinski definition) is 3. The third kappa shape index (κ3) is 4.09. The summed E-state index contributed by atoms with van der Waals surface area (Å²) in [6.07, 6.45) is 6.32. The molecular weight excluding hydrogens is 272 g/mol. The molecule has 0 saturated heterocycles. The first-order valence-corrected chi connectivity index (χ1v) is 7.86. The number of nitrogens with one attached hydrogen (secondary N) is 1. The fraction of sp³-hybridized carbons (Fsp3) is 0.867. The number of hydrogen-bond donors (Lipinski definition) is 2. The molecule has 2 saturated carbocycles. The molecule has 0 aromatic carbocycles. The predicted molar refractivity (Wildman–Crippen MR) is 78.2 cm³/mol. The van der Waals surface area contributed by atoms with Crippen LogP contribution in [0.25, 0.3) is 0 Å². The highest BCUT2D eigenvalue weighted by molar-refractivity contribution is 5.78. The van der Waals surface area contributed by atoms with E-state index in [0.29, 0.717) is 32.0 Å². The van der Waals surface area contributed by atoms with Gasteiger partial charge in [-0.25, -0.2) is 4.79 Å². The minimum atomic E-state index is -0.780. The van der Waals surface area contributed by atoms with Crippen LogP contribution in [0.1, 0.15) is 44.9 Å². The van der Waals surface area contributed by atoms with Gasteiger partial charge < -0.3 is 20.1 Å². The minimum absolute atomic E-state index is 0.152. The molecule has 0 radical (unpaired) electrons. The molecule has 2 aliphatic carbocycles. The number of carboxylic acid groups (broad SMARTS) is 1. The first kappa shape index (κ1) is 16.1. The lowest BCUT2D eigenvalue weighted by Crippen LogP contribution is -2.49. The first-order valence-electron chi connectivity index (χ1n) is 7.86. The van der Waals surface area contributed by atoms with E-state index in [0.717, 1.165) is 32.1 Å². The second-order valence-electron chi connectivity index (χ2n) is 6.22. The van der Waals surface area contributed by atoms with E-state index in [1.807, 2.05) is 0 Å². The summed E-state index contributed by atoms with van der Waals surface area (Å²) < 4.78 is 5.04. The van der Waals surface area contributed by atoms with E-state index in [9.17, 15) is 14.7 Å². The molecule has 0 aliphatic heterocycles. The van der Waals surface area contributed by atoms with Gasteiger partial charge in [0, 0.05) is 26.2 Å². The fourth-order valence-electron chi connectivity index (χ4n) is 3.07. The molecule has 2 aliphatic rings. The summed E-state index contributed by atoms with van der Waals surface area (Å²) in [5.41, 5.74) is -0.773. The summed E-state index contributed by atoms with van der Waals surface area (Å²) in [6.45, 7) is 1.30. The average molecular weight is 298 g/mol. The van der Waals surface area contributed by atoms with Gasteiger partial charge in [-0.2, -0.15) is 0 Å². The number of urea groups is 1. The number of methoxy groups -OCH3 is 1. The molecule has 0 aromatic heterocycles. The highest BCUT2D eigenvalue weighted by Crippen LogP contribution is 2.36. The Labute approximate surface area is 125 Å². The van der Waals surface area contributed by atoms with Crippen molar-refractivity contribution in [3.8, 4) is 0 Å². The third-order valence-corrected chi connectivity index (χ3v) is 4.63. The van der Waals surface area contributed by atoms with Crippen LogP contribution in [0.4, 0.5) is 4.79 Å². The zero-order valence-electron chi connectivity index (χ0n) is 12.8. The normalized spacial score (nSPS) is 20.8. The Kier molecular flexibility index (Phi) is 5.45. The topological polar surface area (TPSA) is 78.9 Å². The molecule has 6 heteroatoms. The lowest BCUT2D eigenvalue weighted by molar-refractivity contribution is -0.150. The maximum absolute atomic E-state index is 12.3. The number of nitrogens with zero attached hydrogens (tertiary/aromatic N) is 1. The van der Waals surface area contributed by atoms with E-state index in [-0.39, 0.29) is 12.6 Å². The molecule has 0 aromatic rings. The molecule has 2 amide bonds. The van der Waals surface area contributed by atoms with E-state index in [4.69, 9.17) is 4.74 Å². The van der Waals surface area contributed by atoms with E-state index in [1.54, 1.807) is 12.0 Å². The van der Waals surface area contributed by atoms with E-state index >= 15 is 0 Å². The van der Waals surface area contributed by atoms with Gasteiger partial charge in [0.15, 0.2) is 0 Å². The number of carboxylic acids is 1. The Morgan fingerprint density at radius 1 is 1.29 bits per heavy atom. The van der Waals surface area contributed by atoms with Crippen molar-refractivity contribution in [3.05, 3.63) is 0 Å². The number of carbonyl (C=O) groups is 2. The summed E-state index contributed by atoms with van der Waals surface area (Å²) in [5.74, 6) is -0.780. The lowest BCUT2D eigenvalue weighted by Gasteiger charge is -2.34. The Balaban J connectivity index is 1.89. The Morgan fingerprint density at radius 2 is 1.95 bits per heavy atom. The Morgan fingerprint density at radius 3 is 2.48 bits per heavy atom. The van der Waals surface area contributed by atoms with Gasteiger partial charge in [0.25, 0.3) is 0 Å². The smallest absolute Gasteiger partial charge is 0.317 e. The molecule has 0 spiro atoms. The first-order chi connectivity index (χ1) is 10.1. The molecule has 120 valence electrons. The van der Waals surface area contributed by atoms with E-state index in [2.05, 4.69) is 5.32 Å². The van der Waals surface area contributed by atoms with Gasteiger partial charge in [-0.15, -0.1) is 0 Å². The maximum atomic E-state index is 12.3. The van der Waals surface area contributed by atoms with Gasteiger partial charge in [0.1, 0.15) is 0 Å². The van der Waals surface area contributed by atoms with E-state index in [1.165, 1.54) is 0 Å². The second-order valence-corrected chi connectivity index (χ2v) is 6.22. The van der Waals surface area contributed by atoms with Crippen LogP contribution in [0.15, 0.2) is 0 Å². The number of ether oxygens (including phenoxy) is 1. The van der Waals surface area contributed by atoms with Gasteiger partial charge in [-0.3, -0.25) is 4.79 Å². The van der Waals surface area contributed by atoms with Crippen molar-refractivity contribution in [2.45, 2.75) is 51.0 Å². The van der Waals surface area contributed by atoms with Crippen molar-refractivity contribution < 1.29 is 19.4 Å². The molecule has 0 atom stereocenters. The van der Waals surface area contributed by atoms with Crippen LogP contribution in [0.5, 0.6) is 0 Å². The quantitative estimate of drug-likeness (QED) is 0.751. The monoisotopic (exact) mass is 298 g/mol. The average Bonchev–Trinajstić information content (AvgIpc) is 3.31. The highest BCUT2D eigenvalue weighted by atomic mass is 16.5. The summed E-state index contributed by atoms with van der Waals surface area (Å²) in [7, 11) is 1.62. The molecule has 21 heavy (non-hydrogen) atoms.